The zero-order valence-corrected chi connectivity index (χ0v) is 8.82. The number of nitrogens with two attached hydrogens (primary N) is 1. The molecular formula is C9H10FN3OS. The Morgan fingerprint density at radius 3 is 2.73 bits per heavy atom. The van der Waals surface area contributed by atoms with Crippen LogP contribution in [0.1, 0.15) is 5.56 Å². The maximum Gasteiger partial charge on any atom is 0.318 e. The van der Waals surface area contributed by atoms with E-state index in [4.69, 9.17) is 18.0 Å². The summed E-state index contributed by atoms with van der Waals surface area (Å²) in [5.74, 6) is -0.559. The van der Waals surface area contributed by atoms with Gasteiger partial charge < -0.3 is 16.4 Å². The molecule has 1 aromatic rings. The maximum absolute atomic E-state index is 13.3. The summed E-state index contributed by atoms with van der Waals surface area (Å²) in [4.78, 5) is 10.9. The van der Waals surface area contributed by atoms with Gasteiger partial charge in [0.15, 0.2) is 0 Å². The number of amides is 2. The molecule has 4 N–H and O–H groups in total. The van der Waals surface area contributed by atoms with Gasteiger partial charge in [-0.2, -0.15) is 0 Å². The highest BCUT2D eigenvalue weighted by molar-refractivity contribution is 7.80. The molecule has 15 heavy (non-hydrogen) atoms. The van der Waals surface area contributed by atoms with Gasteiger partial charge in [-0.3, -0.25) is 0 Å². The van der Waals surface area contributed by atoms with Crippen LogP contribution in [-0.4, -0.2) is 18.1 Å². The number of carbonyl (C=O) groups excluding carboxylic acids is 1. The molecule has 4 nitrogen and oxygen atoms in total. The molecule has 0 saturated carbocycles. The fourth-order valence-corrected chi connectivity index (χ4v) is 1.27. The number of urea groups is 1. The molecule has 0 fully saturated rings. The minimum absolute atomic E-state index is 0.0381. The third-order valence-corrected chi connectivity index (χ3v) is 1.94. The van der Waals surface area contributed by atoms with Gasteiger partial charge in [0.2, 0.25) is 0 Å². The molecule has 6 heteroatoms. The molecule has 0 aliphatic heterocycles. The van der Waals surface area contributed by atoms with E-state index < -0.39 is 11.8 Å². The Balaban J connectivity index is 3.11. The molecule has 1 rings (SSSR count). The van der Waals surface area contributed by atoms with Crippen molar-refractivity contribution < 1.29 is 9.18 Å². The van der Waals surface area contributed by atoms with Gasteiger partial charge in [0, 0.05) is 7.05 Å². The predicted octanol–water partition coefficient (Wildman–Crippen LogP) is 1.21. The van der Waals surface area contributed by atoms with E-state index in [0.717, 1.165) is 0 Å². The van der Waals surface area contributed by atoms with Gasteiger partial charge in [0.1, 0.15) is 10.8 Å². The molecule has 80 valence electrons. The first kappa shape index (κ1) is 11.4. The zero-order chi connectivity index (χ0) is 11.4. The lowest BCUT2D eigenvalue weighted by Gasteiger charge is -2.10. The topological polar surface area (TPSA) is 67.2 Å². The van der Waals surface area contributed by atoms with Crippen molar-refractivity contribution in [3.8, 4) is 0 Å². The minimum atomic E-state index is -0.559. The van der Waals surface area contributed by atoms with Crippen LogP contribution in [0.5, 0.6) is 0 Å². The SMILES string of the molecule is CNC(=O)Nc1cccc(F)c1C(N)=S. The van der Waals surface area contributed by atoms with Gasteiger partial charge in [-0.15, -0.1) is 0 Å². The Labute approximate surface area is 91.7 Å². The first-order valence-electron chi connectivity index (χ1n) is 4.13. The minimum Gasteiger partial charge on any atom is -0.389 e. The van der Waals surface area contributed by atoms with E-state index in [2.05, 4.69) is 10.6 Å². The summed E-state index contributed by atoms with van der Waals surface area (Å²) < 4.78 is 13.3. The van der Waals surface area contributed by atoms with Crippen molar-refractivity contribution in [3.63, 3.8) is 0 Å². The zero-order valence-electron chi connectivity index (χ0n) is 8.00. The Hall–Kier alpha value is -1.69. The first-order chi connectivity index (χ1) is 7.06. The van der Waals surface area contributed by atoms with Crippen LogP contribution in [-0.2, 0) is 0 Å². The number of thiocarbonyl (C=S) groups is 1. The van der Waals surface area contributed by atoms with Gasteiger partial charge >= 0.3 is 6.03 Å². The van der Waals surface area contributed by atoms with Crippen LogP contribution in [0.25, 0.3) is 0 Å². The Morgan fingerprint density at radius 2 is 2.20 bits per heavy atom. The lowest BCUT2D eigenvalue weighted by atomic mass is 10.1. The number of nitrogens with one attached hydrogen (secondary N) is 2. The fraction of sp³-hybridized carbons (Fsp3) is 0.111. The van der Waals surface area contributed by atoms with Gasteiger partial charge in [-0.1, -0.05) is 18.3 Å². The van der Waals surface area contributed by atoms with E-state index >= 15 is 0 Å². The molecule has 0 heterocycles. The molecule has 0 spiro atoms. The average molecular weight is 227 g/mol. The van der Waals surface area contributed by atoms with Crippen molar-refractivity contribution in [3.05, 3.63) is 29.6 Å². The molecule has 0 aliphatic rings. The van der Waals surface area contributed by atoms with Crippen molar-refractivity contribution >= 4 is 28.9 Å². The van der Waals surface area contributed by atoms with Crippen LogP contribution in [0, 0.1) is 5.82 Å². The van der Waals surface area contributed by atoms with Crippen LogP contribution in [0.3, 0.4) is 0 Å². The number of anilines is 1. The first-order valence-corrected chi connectivity index (χ1v) is 4.54. The second-order valence-corrected chi connectivity index (χ2v) is 3.17. The molecule has 0 saturated heterocycles. The van der Waals surface area contributed by atoms with Gasteiger partial charge in [0.25, 0.3) is 0 Å². The fourth-order valence-electron chi connectivity index (χ4n) is 1.06. The van der Waals surface area contributed by atoms with Crippen LogP contribution < -0.4 is 16.4 Å². The molecule has 0 aromatic heterocycles. The van der Waals surface area contributed by atoms with E-state index in [9.17, 15) is 9.18 Å². The van der Waals surface area contributed by atoms with Crippen molar-refractivity contribution in [2.75, 3.05) is 12.4 Å². The third kappa shape index (κ3) is 2.63. The summed E-state index contributed by atoms with van der Waals surface area (Å²) in [6.45, 7) is 0. The second-order valence-electron chi connectivity index (χ2n) is 2.73. The molecule has 0 radical (unpaired) electrons. The Kier molecular flexibility index (Phi) is 3.56. The van der Waals surface area contributed by atoms with Crippen LogP contribution >= 0.6 is 12.2 Å². The summed E-state index contributed by atoms with van der Waals surface area (Å²) in [5, 5.41) is 4.77. The molecule has 0 unspecified atom stereocenters. The van der Waals surface area contributed by atoms with Gasteiger partial charge in [-0.25, -0.2) is 9.18 Å². The van der Waals surface area contributed by atoms with E-state index in [-0.39, 0.29) is 16.2 Å². The number of benzene rings is 1. The summed E-state index contributed by atoms with van der Waals surface area (Å²) in [7, 11) is 1.45. The normalized spacial score (nSPS) is 9.47. The largest absolute Gasteiger partial charge is 0.389 e. The Bertz CT molecular complexity index is 408. The summed E-state index contributed by atoms with van der Waals surface area (Å²) >= 11 is 4.69. The lowest BCUT2D eigenvalue weighted by Crippen LogP contribution is -2.26. The standard InChI is InChI=1S/C9H10FN3OS/c1-12-9(14)13-6-4-2-3-5(10)7(6)8(11)15/h2-4H,1H3,(H2,11,15)(H2,12,13,14). The average Bonchev–Trinajstić information content (AvgIpc) is 2.17. The monoisotopic (exact) mass is 227 g/mol. The van der Waals surface area contributed by atoms with Crippen molar-refractivity contribution in [1.82, 2.24) is 5.32 Å². The lowest BCUT2D eigenvalue weighted by molar-refractivity contribution is 0.254. The Morgan fingerprint density at radius 1 is 1.53 bits per heavy atom. The number of carbonyl (C=O) groups is 1. The number of hydrogen-bond donors (Lipinski definition) is 3. The molecular weight excluding hydrogens is 217 g/mol. The van der Waals surface area contributed by atoms with Crippen molar-refractivity contribution in [2.24, 2.45) is 5.73 Å². The molecule has 0 aliphatic carbocycles. The van der Waals surface area contributed by atoms with Crippen LogP contribution in [0.15, 0.2) is 18.2 Å². The van der Waals surface area contributed by atoms with E-state index in [1.807, 2.05) is 0 Å². The quantitative estimate of drug-likeness (QED) is 0.665. The maximum atomic E-state index is 13.3. The van der Waals surface area contributed by atoms with E-state index in [1.54, 1.807) is 0 Å². The molecule has 1 aromatic carbocycles. The number of hydrogen-bond acceptors (Lipinski definition) is 2. The summed E-state index contributed by atoms with van der Waals surface area (Å²) in [6.07, 6.45) is 0. The highest BCUT2D eigenvalue weighted by Crippen LogP contribution is 2.18. The van der Waals surface area contributed by atoms with Crippen molar-refractivity contribution in [1.29, 1.82) is 0 Å². The van der Waals surface area contributed by atoms with Gasteiger partial charge in [0.05, 0.1) is 11.3 Å². The van der Waals surface area contributed by atoms with E-state index in [1.165, 1.54) is 25.2 Å². The highest BCUT2D eigenvalue weighted by atomic mass is 32.1. The van der Waals surface area contributed by atoms with Crippen LogP contribution in [0.2, 0.25) is 0 Å². The van der Waals surface area contributed by atoms with Crippen molar-refractivity contribution in [2.45, 2.75) is 0 Å². The van der Waals surface area contributed by atoms with Gasteiger partial charge in [-0.05, 0) is 12.1 Å². The summed E-state index contributed by atoms with van der Waals surface area (Å²) in [6, 6.07) is 3.75. The number of rotatable bonds is 2. The molecule has 2 amide bonds. The third-order valence-electron chi connectivity index (χ3n) is 1.74. The van der Waals surface area contributed by atoms with Crippen LogP contribution in [0.4, 0.5) is 14.9 Å². The molecule has 0 bridgehead atoms. The number of halogens is 1. The second kappa shape index (κ2) is 4.70. The predicted molar refractivity (Wildman–Crippen MR) is 60.4 cm³/mol. The molecule has 0 atom stereocenters. The smallest absolute Gasteiger partial charge is 0.318 e. The summed E-state index contributed by atoms with van der Waals surface area (Å²) in [5.41, 5.74) is 5.64. The van der Waals surface area contributed by atoms with E-state index in [0.29, 0.717) is 0 Å². The highest BCUT2D eigenvalue weighted by Gasteiger charge is 2.12.